The zero-order valence-electron chi connectivity index (χ0n) is 23.5. The van der Waals surface area contributed by atoms with Gasteiger partial charge in [0.25, 0.3) is 0 Å². The minimum atomic E-state index is 0. The van der Waals surface area contributed by atoms with E-state index in [1.54, 1.807) is 0 Å². The molecule has 2 aromatic rings. The Kier molecular flexibility index (Phi) is 14.8. The summed E-state index contributed by atoms with van der Waals surface area (Å²) in [5, 5.41) is 0. The molecular weight excluding hydrogens is 495 g/mol. The van der Waals surface area contributed by atoms with E-state index < -0.39 is 0 Å². The van der Waals surface area contributed by atoms with Crippen molar-refractivity contribution in [3.8, 4) is 0 Å². The third kappa shape index (κ3) is 9.68. The van der Waals surface area contributed by atoms with Gasteiger partial charge in [-0.3, -0.25) is 0 Å². The maximum Gasteiger partial charge on any atom is 0.210 e. The molecule has 0 amide bonds. The van der Waals surface area contributed by atoms with Crippen LogP contribution < -0.4 is 0 Å². The molecule has 0 unspecified atom stereocenters. The molecule has 1 heterocycles. The van der Waals surface area contributed by atoms with Gasteiger partial charge in [-0.2, -0.15) is 0 Å². The number of unbranched alkanes of at least 4 members (excludes halogenated alkanes) is 10. The van der Waals surface area contributed by atoms with Crippen LogP contribution >= 0.6 is 0 Å². The van der Waals surface area contributed by atoms with Gasteiger partial charge in [0.1, 0.15) is 0 Å². The molecule has 0 aliphatic carbocycles. The summed E-state index contributed by atoms with van der Waals surface area (Å²) in [7, 11) is 0. The third-order valence-electron chi connectivity index (χ3n) is 7.55. The van der Waals surface area contributed by atoms with Crippen molar-refractivity contribution < 1.29 is 21.2 Å². The van der Waals surface area contributed by atoms with Crippen molar-refractivity contribution in [3.63, 3.8) is 0 Å². The number of allylic oxidation sites excluding steroid dienone is 2. The van der Waals surface area contributed by atoms with E-state index in [0.29, 0.717) is 0 Å². The van der Waals surface area contributed by atoms with Crippen molar-refractivity contribution in [2.45, 2.75) is 117 Å². The molecule has 0 atom stereocenters. The molecule has 1 aliphatic heterocycles. The summed E-state index contributed by atoms with van der Waals surface area (Å²) in [5.74, 6) is 0. The molecule has 0 saturated heterocycles. The summed E-state index contributed by atoms with van der Waals surface area (Å²) in [6.45, 7) is 6.70. The number of hydrogen-bond donors (Lipinski definition) is 0. The molecule has 2 aromatic carbocycles. The SMILES string of the molecule is CCCCCCCCc1ccc(C2=CC(CC)=C(c3ccc(CCCCCCCC)cc3)[N+]2=[N-])cc1.[Ni]. The van der Waals surface area contributed by atoms with E-state index in [2.05, 4.69) is 75.4 Å². The fourth-order valence-corrected chi connectivity index (χ4v) is 5.22. The van der Waals surface area contributed by atoms with Crippen LogP contribution in [0.4, 0.5) is 0 Å². The first-order valence-electron chi connectivity index (χ1n) is 14.8. The zero-order valence-corrected chi connectivity index (χ0v) is 24.5. The van der Waals surface area contributed by atoms with Crippen LogP contribution in [0.3, 0.4) is 0 Å². The second-order valence-corrected chi connectivity index (χ2v) is 10.5. The number of benzene rings is 2. The normalized spacial score (nSPS) is 13.2. The molecule has 204 valence electrons. The Morgan fingerprint density at radius 2 is 1.00 bits per heavy atom. The van der Waals surface area contributed by atoms with E-state index in [-0.39, 0.29) is 16.5 Å². The molecule has 3 heteroatoms. The standard InChI is InChI=1S/C34H48N2.Ni/c1-4-7-9-11-13-15-17-28-19-23-31(24-20-28)33-27-30(6-3)34(36(33)35)32-25-21-29(22-26-32)18-16-14-12-10-8-5-2;/h19-27H,4-18H2,1-3H3;. The van der Waals surface area contributed by atoms with E-state index in [0.717, 1.165) is 41.8 Å². The summed E-state index contributed by atoms with van der Waals surface area (Å²) >= 11 is 0. The van der Waals surface area contributed by atoms with Crippen molar-refractivity contribution in [1.82, 2.24) is 0 Å². The van der Waals surface area contributed by atoms with Crippen molar-refractivity contribution in [2.75, 3.05) is 0 Å². The van der Waals surface area contributed by atoms with Crippen LogP contribution in [0.15, 0.2) is 60.2 Å². The minimum absolute atomic E-state index is 0. The Labute approximate surface area is 237 Å². The molecule has 0 spiro atoms. The zero-order chi connectivity index (χ0) is 25.6. The molecule has 2 nitrogen and oxygen atoms in total. The van der Waals surface area contributed by atoms with Crippen LogP contribution in [0, 0.1) is 0 Å². The quantitative estimate of drug-likeness (QED) is 0.108. The Hall–Kier alpha value is -1.99. The summed E-state index contributed by atoms with van der Waals surface area (Å²) in [5.41, 5.74) is 19.1. The van der Waals surface area contributed by atoms with Gasteiger partial charge in [-0.15, -0.1) is 0 Å². The molecule has 3 rings (SSSR count). The summed E-state index contributed by atoms with van der Waals surface area (Å²) in [6, 6.07) is 17.6. The van der Waals surface area contributed by atoms with Gasteiger partial charge in [0.2, 0.25) is 11.4 Å². The van der Waals surface area contributed by atoms with Crippen molar-refractivity contribution >= 4 is 11.4 Å². The molecule has 0 radical (unpaired) electrons. The predicted molar refractivity (Wildman–Crippen MR) is 156 cm³/mol. The van der Waals surface area contributed by atoms with Crippen molar-refractivity contribution in [2.24, 2.45) is 0 Å². The topological polar surface area (TPSA) is 25.3 Å². The van der Waals surface area contributed by atoms with Crippen molar-refractivity contribution in [3.05, 3.63) is 88.0 Å². The number of hydrogen-bond acceptors (Lipinski definition) is 0. The first-order chi connectivity index (χ1) is 17.7. The molecule has 0 saturated carbocycles. The predicted octanol–water partition coefficient (Wildman–Crippen LogP) is 10.7. The first kappa shape index (κ1) is 31.2. The van der Waals surface area contributed by atoms with E-state index >= 15 is 0 Å². The van der Waals surface area contributed by atoms with Gasteiger partial charge in [0, 0.05) is 39.3 Å². The van der Waals surface area contributed by atoms with E-state index in [1.165, 1.54) is 98.4 Å². The van der Waals surface area contributed by atoms with Crippen LogP contribution in [-0.4, -0.2) is 4.70 Å². The molecule has 0 N–H and O–H groups in total. The fraction of sp³-hybridized carbons (Fsp3) is 0.529. The van der Waals surface area contributed by atoms with Gasteiger partial charge in [-0.1, -0.05) is 109 Å². The van der Waals surface area contributed by atoms with Gasteiger partial charge >= 0.3 is 0 Å². The Morgan fingerprint density at radius 3 is 1.46 bits per heavy atom. The molecule has 0 fully saturated rings. The largest absolute Gasteiger partial charge is 0.493 e. The molecule has 1 aliphatic rings. The Balaban J connectivity index is 0.00000481. The maximum atomic E-state index is 11.2. The van der Waals surface area contributed by atoms with Crippen LogP contribution in [-0.2, 0) is 29.3 Å². The Bertz CT molecular complexity index is 999. The maximum absolute atomic E-state index is 11.2. The van der Waals surface area contributed by atoms with Crippen molar-refractivity contribution in [1.29, 1.82) is 0 Å². The summed E-state index contributed by atoms with van der Waals surface area (Å²) in [4.78, 5) is 0. The molecule has 0 bridgehead atoms. The molecule has 0 aromatic heterocycles. The van der Waals surface area contributed by atoms with Crippen LogP contribution in [0.5, 0.6) is 0 Å². The van der Waals surface area contributed by atoms with Gasteiger partial charge < -0.3 is 5.53 Å². The minimum Gasteiger partial charge on any atom is -0.493 e. The van der Waals surface area contributed by atoms with Gasteiger partial charge in [-0.05, 0) is 67.5 Å². The second kappa shape index (κ2) is 17.5. The van der Waals surface area contributed by atoms with Crippen LogP contribution in [0.2, 0.25) is 0 Å². The summed E-state index contributed by atoms with van der Waals surface area (Å²) < 4.78 is 1.41. The first-order valence-corrected chi connectivity index (χ1v) is 14.8. The number of rotatable bonds is 17. The Morgan fingerprint density at radius 1 is 0.568 bits per heavy atom. The smallest absolute Gasteiger partial charge is 0.210 e. The summed E-state index contributed by atoms with van der Waals surface area (Å²) in [6.07, 6.45) is 21.3. The van der Waals surface area contributed by atoms with E-state index in [9.17, 15) is 5.53 Å². The fourth-order valence-electron chi connectivity index (χ4n) is 5.22. The monoisotopic (exact) mass is 542 g/mol. The number of nitrogens with zero attached hydrogens (tertiary/aromatic N) is 2. The van der Waals surface area contributed by atoms with Gasteiger partial charge in [0.15, 0.2) is 0 Å². The molecular formula is C34H48N2Ni. The van der Waals surface area contributed by atoms with Crippen LogP contribution in [0.1, 0.15) is 126 Å². The van der Waals surface area contributed by atoms with Gasteiger partial charge in [0.05, 0.1) is 0 Å². The van der Waals surface area contributed by atoms with E-state index in [4.69, 9.17) is 0 Å². The van der Waals surface area contributed by atoms with E-state index in [1.807, 2.05) is 0 Å². The second-order valence-electron chi connectivity index (χ2n) is 10.5. The molecule has 37 heavy (non-hydrogen) atoms. The van der Waals surface area contributed by atoms with Gasteiger partial charge in [-0.25, -0.2) is 4.70 Å². The average molecular weight is 543 g/mol. The third-order valence-corrected chi connectivity index (χ3v) is 7.55. The number of aryl methyl sites for hydroxylation is 2. The van der Waals surface area contributed by atoms with Crippen LogP contribution in [0.25, 0.3) is 16.9 Å². The average Bonchev–Trinajstić information content (AvgIpc) is 3.25.